The van der Waals surface area contributed by atoms with Crippen LogP contribution in [0.3, 0.4) is 0 Å². The van der Waals surface area contributed by atoms with Gasteiger partial charge in [0.15, 0.2) is 0 Å². The van der Waals surface area contributed by atoms with Gasteiger partial charge in [-0.05, 0) is 36.8 Å². The van der Waals surface area contributed by atoms with Gasteiger partial charge in [-0.15, -0.1) is 22.9 Å². The number of rotatable bonds is 5. The summed E-state index contributed by atoms with van der Waals surface area (Å²) >= 11 is 7.29. The van der Waals surface area contributed by atoms with Crippen molar-refractivity contribution in [3.8, 4) is 16.3 Å². The first-order chi connectivity index (χ1) is 9.86. The summed E-state index contributed by atoms with van der Waals surface area (Å²) in [4.78, 5) is 8.67. The van der Waals surface area contributed by atoms with Gasteiger partial charge in [0.05, 0.1) is 17.5 Å². The zero-order valence-electron chi connectivity index (χ0n) is 10.8. The second-order valence-electron chi connectivity index (χ2n) is 4.28. The van der Waals surface area contributed by atoms with Gasteiger partial charge in [0.2, 0.25) is 0 Å². The van der Waals surface area contributed by atoms with Crippen LogP contribution >= 0.6 is 22.9 Å². The minimum Gasteiger partial charge on any atom is -0.494 e. The fraction of sp³-hybridized carbons (Fsp3) is 0.200. The first-order valence-electron chi connectivity index (χ1n) is 6.36. The highest BCUT2D eigenvalue weighted by atomic mass is 35.5. The topological polar surface area (TPSA) is 35.0 Å². The summed E-state index contributed by atoms with van der Waals surface area (Å²) in [5, 5.41) is 1.00. The third-order valence-corrected chi connectivity index (χ3v) is 4.19. The van der Waals surface area contributed by atoms with E-state index in [4.69, 9.17) is 16.3 Å². The van der Waals surface area contributed by atoms with Gasteiger partial charge in [0.25, 0.3) is 0 Å². The fourth-order valence-electron chi connectivity index (χ4n) is 1.84. The second kappa shape index (κ2) is 6.20. The minimum atomic E-state index is 0.623. The highest BCUT2D eigenvalue weighted by molar-refractivity contribution is 7.21. The number of pyridine rings is 1. The molecule has 102 valence electrons. The number of aromatic nitrogens is 2. The Morgan fingerprint density at radius 3 is 2.75 bits per heavy atom. The number of hydrogen-bond acceptors (Lipinski definition) is 4. The highest BCUT2D eigenvalue weighted by Crippen LogP contribution is 2.30. The molecule has 20 heavy (non-hydrogen) atoms. The maximum Gasteiger partial charge on any atom is 0.124 e. The van der Waals surface area contributed by atoms with Crippen LogP contribution in [0, 0.1) is 0 Å². The standard InChI is InChI=1S/C15H13ClN2OS/c16-7-1-9-19-12-4-2-11(3-5-12)15-18-13-10-17-8-6-14(13)20-15/h2-6,8,10H,1,7,9H2. The van der Waals surface area contributed by atoms with Crippen LogP contribution in [0.4, 0.5) is 0 Å². The van der Waals surface area contributed by atoms with Crippen molar-refractivity contribution < 1.29 is 4.74 Å². The van der Waals surface area contributed by atoms with Gasteiger partial charge in [-0.3, -0.25) is 4.98 Å². The first kappa shape index (κ1) is 13.3. The normalized spacial score (nSPS) is 10.8. The summed E-state index contributed by atoms with van der Waals surface area (Å²) in [6.07, 6.45) is 4.44. The van der Waals surface area contributed by atoms with Crippen LogP contribution in [0.5, 0.6) is 5.75 Å². The molecule has 0 aliphatic heterocycles. The van der Waals surface area contributed by atoms with E-state index in [9.17, 15) is 0 Å². The Morgan fingerprint density at radius 2 is 2.00 bits per heavy atom. The summed E-state index contributed by atoms with van der Waals surface area (Å²) in [5.41, 5.74) is 2.03. The number of thiazole rings is 1. The summed E-state index contributed by atoms with van der Waals surface area (Å²) in [6.45, 7) is 0.648. The molecule has 2 aromatic heterocycles. The molecule has 2 heterocycles. The van der Waals surface area contributed by atoms with Crippen molar-refractivity contribution in [1.82, 2.24) is 9.97 Å². The van der Waals surface area contributed by atoms with E-state index in [-0.39, 0.29) is 0 Å². The van der Waals surface area contributed by atoms with Gasteiger partial charge in [-0.25, -0.2) is 4.98 Å². The van der Waals surface area contributed by atoms with Crippen LogP contribution in [0.15, 0.2) is 42.7 Å². The molecule has 0 bridgehead atoms. The third kappa shape index (κ3) is 2.92. The quantitative estimate of drug-likeness (QED) is 0.519. The summed E-state index contributed by atoms with van der Waals surface area (Å²) in [5.74, 6) is 1.49. The van der Waals surface area contributed by atoms with Crippen molar-refractivity contribution >= 4 is 33.2 Å². The molecule has 0 unspecified atom stereocenters. The van der Waals surface area contributed by atoms with Crippen molar-refractivity contribution in [2.24, 2.45) is 0 Å². The molecule has 0 radical (unpaired) electrons. The number of ether oxygens (including phenoxy) is 1. The molecule has 5 heteroatoms. The van der Waals surface area contributed by atoms with Crippen molar-refractivity contribution in [2.75, 3.05) is 12.5 Å². The van der Waals surface area contributed by atoms with Gasteiger partial charge >= 0.3 is 0 Å². The Kier molecular flexibility index (Phi) is 4.14. The van der Waals surface area contributed by atoms with E-state index in [0.29, 0.717) is 12.5 Å². The molecule has 0 atom stereocenters. The Bertz CT molecular complexity index is 663. The monoisotopic (exact) mass is 304 g/mol. The molecule has 0 saturated carbocycles. The summed E-state index contributed by atoms with van der Waals surface area (Å²) in [7, 11) is 0. The van der Waals surface area contributed by atoms with Gasteiger partial charge < -0.3 is 4.74 Å². The van der Waals surface area contributed by atoms with E-state index in [1.807, 2.05) is 30.3 Å². The fourth-order valence-corrected chi connectivity index (χ4v) is 2.89. The number of nitrogens with zero attached hydrogens (tertiary/aromatic N) is 2. The largest absolute Gasteiger partial charge is 0.494 e. The number of benzene rings is 1. The first-order valence-corrected chi connectivity index (χ1v) is 7.71. The molecule has 0 spiro atoms. The number of hydrogen-bond donors (Lipinski definition) is 0. The van der Waals surface area contributed by atoms with Crippen molar-refractivity contribution in [3.63, 3.8) is 0 Å². The van der Waals surface area contributed by atoms with E-state index in [1.165, 1.54) is 0 Å². The Hall–Kier alpha value is -1.65. The Balaban J connectivity index is 1.79. The maximum absolute atomic E-state index is 5.62. The smallest absolute Gasteiger partial charge is 0.124 e. The lowest BCUT2D eigenvalue weighted by Crippen LogP contribution is -1.97. The molecular formula is C15H13ClN2OS. The van der Waals surface area contributed by atoms with Gasteiger partial charge in [0, 0.05) is 17.6 Å². The van der Waals surface area contributed by atoms with E-state index in [0.717, 1.165) is 33.0 Å². The van der Waals surface area contributed by atoms with Crippen LogP contribution in [0.25, 0.3) is 20.8 Å². The molecule has 0 amide bonds. The van der Waals surface area contributed by atoms with E-state index < -0.39 is 0 Å². The van der Waals surface area contributed by atoms with Crippen LogP contribution in [-0.4, -0.2) is 22.5 Å². The molecule has 3 aromatic rings. The van der Waals surface area contributed by atoms with E-state index in [2.05, 4.69) is 9.97 Å². The predicted octanol–water partition coefficient (Wildman–Crippen LogP) is 4.37. The molecule has 0 aliphatic rings. The average molecular weight is 305 g/mol. The van der Waals surface area contributed by atoms with Crippen LogP contribution in [0.2, 0.25) is 0 Å². The third-order valence-electron chi connectivity index (χ3n) is 2.84. The van der Waals surface area contributed by atoms with Crippen LogP contribution < -0.4 is 4.74 Å². The Morgan fingerprint density at radius 1 is 1.15 bits per heavy atom. The van der Waals surface area contributed by atoms with Crippen molar-refractivity contribution in [1.29, 1.82) is 0 Å². The zero-order valence-corrected chi connectivity index (χ0v) is 12.3. The average Bonchev–Trinajstić information content (AvgIpc) is 2.92. The highest BCUT2D eigenvalue weighted by Gasteiger charge is 2.06. The SMILES string of the molecule is ClCCCOc1ccc(-c2nc3cnccc3s2)cc1. The lowest BCUT2D eigenvalue weighted by Gasteiger charge is -2.05. The molecule has 0 aliphatic carbocycles. The Labute approximate surface area is 126 Å². The lowest BCUT2D eigenvalue weighted by atomic mass is 10.2. The molecule has 3 rings (SSSR count). The van der Waals surface area contributed by atoms with Gasteiger partial charge in [-0.1, -0.05) is 0 Å². The number of halogens is 1. The van der Waals surface area contributed by atoms with Crippen molar-refractivity contribution in [2.45, 2.75) is 6.42 Å². The minimum absolute atomic E-state index is 0.623. The van der Waals surface area contributed by atoms with Gasteiger partial charge in [0.1, 0.15) is 16.3 Å². The lowest BCUT2D eigenvalue weighted by molar-refractivity contribution is 0.318. The van der Waals surface area contributed by atoms with Crippen LogP contribution in [-0.2, 0) is 0 Å². The zero-order chi connectivity index (χ0) is 13.8. The van der Waals surface area contributed by atoms with Crippen molar-refractivity contribution in [3.05, 3.63) is 42.7 Å². The van der Waals surface area contributed by atoms with E-state index in [1.54, 1.807) is 23.7 Å². The predicted molar refractivity (Wildman–Crippen MR) is 83.7 cm³/mol. The summed E-state index contributed by atoms with van der Waals surface area (Å²) < 4.78 is 6.74. The second-order valence-corrected chi connectivity index (χ2v) is 5.69. The molecular weight excluding hydrogens is 292 g/mol. The molecule has 0 saturated heterocycles. The summed E-state index contributed by atoms with van der Waals surface area (Å²) in [6, 6.07) is 9.98. The van der Waals surface area contributed by atoms with Crippen LogP contribution in [0.1, 0.15) is 6.42 Å². The molecule has 3 nitrogen and oxygen atoms in total. The number of fused-ring (bicyclic) bond motifs is 1. The molecule has 0 fully saturated rings. The van der Waals surface area contributed by atoms with Gasteiger partial charge in [-0.2, -0.15) is 0 Å². The number of alkyl halides is 1. The van der Waals surface area contributed by atoms with E-state index >= 15 is 0 Å². The molecule has 1 aromatic carbocycles. The molecule has 0 N–H and O–H groups in total. The maximum atomic E-state index is 5.62.